The number of hydrazone groups is 1. The van der Waals surface area contributed by atoms with E-state index in [1.807, 2.05) is 0 Å². The number of allylic oxidation sites excluding steroid dienone is 2. The van der Waals surface area contributed by atoms with Crippen molar-refractivity contribution in [3.05, 3.63) is 53.3 Å². The predicted molar refractivity (Wildman–Crippen MR) is 110 cm³/mol. The van der Waals surface area contributed by atoms with Crippen LogP contribution in [0.2, 0.25) is 5.02 Å². The molecule has 0 spiro atoms. The molecule has 2 heterocycles. The van der Waals surface area contributed by atoms with Crippen LogP contribution in [-0.2, 0) is 9.59 Å². The van der Waals surface area contributed by atoms with Gasteiger partial charge < -0.3 is 9.15 Å². The summed E-state index contributed by atoms with van der Waals surface area (Å²) in [4.78, 5) is 25.9. The second-order valence-corrected chi connectivity index (χ2v) is 8.87. The summed E-state index contributed by atoms with van der Waals surface area (Å²) in [6, 6.07) is 8.78. The number of nitrogens with zero attached hydrogens (tertiary/aromatic N) is 2. The molecule has 0 unspecified atom stereocenters. The number of hydrogen-bond donors (Lipinski definition) is 0. The highest BCUT2D eigenvalue weighted by molar-refractivity contribution is 6.31. The number of hydrogen-bond acceptors (Lipinski definition) is 5. The van der Waals surface area contributed by atoms with E-state index < -0.39 is 0 Å². The first kappa shape index (κ1) is 18.0. The van der Waals surface area contributed by atoms with Crippen molar-refractivity contribution in [3.8, 4) is 17.1 Å². The fourth-order valence-corrected chi connectivity index (χ4v) is 5.78. The third-order valence-electron chi connectivity index (χ3n) is 6.99. The number of furan rings is 1. The number of imide groups is 1. The molecule has 1 aromatic carbocycles. The molecule has 3 fully saturated rings. The van der Waals surface area contributed by atoms with Crippen molar-refractivity contribution in [1.82, 2.24) is 5.01 Å². The van der Waals surface area contributed by atoms with Gasteiger partial charge in [0.05, 0.1) is 30.7 Å². The van der Waals surface area contributed by atoms with Gasteiger partial charge in [-0.3, -0.25) is 9.59 Å². The Morgan fingerprint density at radius 1 is 1.10 bits per heavy atom. The zero-order chi connectivity index (χ0) is 20.6. The van der Waals surface area contributed by atoms with E-state index in [2.05, 4.69) is 17.3 Å². The number of carbonyl (C=O) groups is 2. The molecule has 6 atom stereocenters. The Morgan fingerprint density at radius 3 is 2.47 bits per heavy atom. The average Bonchev–Trinajstić information content (AvgIpc) is 3.39. The van der Waals surface area contributed by atoms with E-state index in [-0.39, 0.29) is 35.5 Å². The lowest BCUT2D eigenvalue weighted by Gasteiger charge is -2.37. The number of halogens is 1. The number of ether oxygens (including phenoxy) is 1. The Balaban J connectivity index is 1.26. The minimum absolute atomic E-state index is 0.186. The van der Waals surface area contributed by atoms with Crippen LogP contribution in [0.1, 0.15) is 12.2 Å². The summed E-state index contributed by atoms with van der Waals surface area (Å²) in [5.74, 6) is 2.27. The maximum atomic E-state index is 13.0. The van der Waals surface area contributed by atoms with Gasteiger partial charge in [-0.2, -0.15) is 10.1 Å². The fourth-order valence-electron chi connectivity index (χ4n) is 5.61. The second-order valence-electron chi connectivity index (χ2n) is 8.43. The smallest absolute Gasteiger partial charge is 0.254 e. The number of amides is 2. The van der Waals surface area contributed by atoms with Crippen LogP contribution in [0.3, 0.4) is 0 Å². The Hall–Kier alpha value is -2.86. The lowest BCUT2D eigenvalue weighted by atomic mass is 9.63. The minimum Gasteiger partial charge on any atom is -0.496 e. The maximum Gasteiger partial charge on any atom is 0.254 e. The van der Waals surface area contributed by atoms with E-state index >= 15 is 0 Å². The predicted octanol–water partition coefficient (Wildman–Crippen LogP) is 4.00. The van der Waals surface area contributed by atoms with Gasteiger partial charge in [0.1, 0.15) is 17.3 Å². The zero-order valence-electron chi connectivity index (χ0n) is 16.2. The van der Waals surface area contributed by atoms with E-state index in [1.54, 1.807) is 37.4 Å². The van der Waals surface area contributed by atoms with Gasteiger partial charge in [-0.25, -0.2) is 0 Å². The number of benzene rings is 1. The van der Waals surface area contributed by atoms with Crippen LogP contribution in [0.15, 0.2) is 52.0 Å². The molecule has 152 valence electrons. The molecule has 2 amide bonds. The first-order valence-corrected chi connectivity index (χ1v) is 10.5. The number of rotatable bonds is 4. The highest BCUT2D eigenvalue weighted by Crippen LogP contribution is 2.65. The Labute approximate surface area is 178 Å². The van der Waals surface area contributed by atoms with Crippen molar-refractivity contribution in [2.24, 2.45) is 40.6 Å². The van der Waals surface area contributed by atoms with Gasteiger partial charge in [-0.15, -0.1) is 0 Å². The normalized spacial score (nSPS) is 33.3. The van der Waals surface area contributed by atoms with Crippen molar-refractivity contribution in [2.75, 3.05) is 7.11 Å². The van der Waals surface area contributed by atoms with Crippen molar-refractivity contribution in [1.29, 1.82) is 0 Å². The van der Waals surface area contributed by atoms with Gasteiger partial charge >= 0.3 is 0 Å². The van der Waals surface area contributed by atoms with Crippen LogP contribution >= 0.6 is 11.6 Å². The summed E-state index contributed by atoms with van der Waals surface area (Å²) in [6.45, 7) is 0. The molecule has 4 aliphatic carbocycles. The Kier molecular flexibility index (Phi) is 3.78. The molecule has 2 bridgehead atoms. The van der Waals surface area contributed by atoms with E-state index in [9.17, 15) is 9.59 Å². The summed E-state index contributed by atoms with van der Waals surface area (Å²) >= 11 is 6.10. The van der Waals surface area contributed by atoms with Crippen LogP contribution in [0.5, 0.6) is 5.75 Å². The summed E-state index contributed by atoms with van der Waals surface area (Å²) < 4.78 is 11.2. The highest BCUT2D eigenvalue weighted by atomic mass is 35.5. The molecule has 0 radical (unpaired) electrons. The van der Waals surface area contributed by atoms with E-state index in [0.717, 1.165) is 11.4 Å². The van der Waals surface area contributed by atoms with Gasteiger partial charge in [0, 0.05) is 5.02 Å². The van der Waals surface area contributed by atoms with Crippen molar-refractivity contribution >= 4 is 29.6 Å². The van der Waals surface area contributed by atoms with Crippen LogP contribution < -0.4 is 4.74 Å². The molecule has 0 N–H and O–H groups in total. The van der Waals surface area contributed by atoms with Gasteiger partial charge in [0.25, 0.3) is 11.8 Å². The van der Waals surface area contributed by atoms with Crippen molar-refractivity contribution in [3.63, 3.8) is 0 Å². The molecule has 2 saturated carbocycles. The minimum atomic E-state index is -0.253. The molecule has 30 heavy (non-hydrogen) atoms. The van der Waals surface area contributed by atoms with Crippen LogP contribution in [0.25, 0.3) is 11.3 Å². The van der Waals surface area contributed by atoms with E-state index in [0.29, 0.717) is 39.7 Å². The lowest BCUT2D eigenvalue weighted by molar-refractivity contribution is -0.140. The van der Waals surface area contributed by atoms with Crippen molar-refractivity contribution < 1.29 is 18.7 Å². The topological polar surface area (TPSA) is 72.1 Å². The molecule has 6 nitrogen and oxygen atoms in total. The standard InChI is InChI=1S/C23H19ClN2O4/c1-29-18-6-2-11(24)8-17(18)19-7-3-12(30-19)10-25-26-22(27)20-13-4-5-14(16-9-15(13)16)21(20)23(26)28/h2-8,10,13-16,20-21H,9H2,1H3/b25-10-/t13-,14-,15-,16+,20-,21-/m1/s1. The van der Waals surface area contributed by atoms with Gasteiger partial charge in [0.15, 0.2) is 0 Å². The molecule has 2 aromatic rings. The van der Waals surface area contributed by atoms with Gasteiger partial charge in [-0.05, 0) is 60.4 Å². The highest BCUT2D eigenvalue weighted by Gasteiger charge is 2.67. The summed E-state index contributed by atoms with van der Waals surface area (Å²) in [5, 5.41) is 5.83. The monoisotopic (exact) mass is 422 g/mol. The molecule has 7 rings (SSSR count). The fraction of sp³-hybridized carbons (Fsp3) is 0.348. The Bertz CT molecular complexity index is 1100. The average molecular weight is 423 g/mol. The van der Waals surface area contributed by atoms with Crippen LogP contribution in [0.4, 0.5) is 0 Å². The first-order chi connectivity index (χ1) is 14.6. The van der Waals surface area contributed by atoms with Gasteiger partial charge in [0.2, 0.25) is 0 Å². The molecule has 1 saturated heterocycles. The molecular formula is C23H19ClN2O4. The molecular weight excluding hydrogens is 404 g/mol. The number of methoxy groups -OCH3 is 1. The summed E-state index contributed by atoms with van der Waals surface area (Å²) in [5.41, 5.74) is 0.714. The van der Waals surface area contributed by atoms with Crippen molar-refractivity contribution in [2.45, 2.75) is 6.42 Å². The van der Waals surface area contributed by atoms with Gasteiger partial charge in [-0.1, -0.05) is 23.8 Å². The van der Waals surface area contributed by atoms with Crippen LogP contribution in [-0.4, -0.2) is 30.1 Å². The largest absolute Gasteiger partial charge is 0.496 e. The second kappa shape index (κ2) is 6.32. The SMILES string of the molecule is COc1ccc(Cl)cc1-c1ccc(/C=N\N2C(=O)[C@@H]3[C@@H]4C=C[C@H]([C@@H]5C[C@H]45)[C@H]3C2=O)o1. The molecule has 5 aliphatic rings. The van der Waals surface area contributed by atoms with E-state index in [1.165, 1.54) is 6.21 Å². The molecule has 7 heteroatoms. The quantitative estimate of drug-likeness (QED) is 0.424. The molecule has 1 aromatic heterocycles. The third-order valence-corrected chi connectivity index (χ3v) is 7.23. The lowest BCUT2D eigenvalue weighted by Crippen LogP contribution is -2.40. The van der Waals surface area contributed by atoms with E-state index in [4.69, 9.17) is 20.8 Å². The molecule has 1 aliphatic heterocycles. The maximum absolute atomic E-state index is 13.0. The van der Waals surface area contributed by atoms with Crippen LogP contribution in [0, 0.1) is 35.5 Å². The first-order valence-electron chi connectivity index (χ1n) is 10.1. The summed E-state index contributed by atoms with van der Waals surface area (Å²) in [7, 11) is 1.58. The third kappa shape index (κ3) is 2.46. The zero-order valence-corrected chi connectivity index (χ0v) is 17.0. The summed E-state index contributed by atoms with van der Waals surface area (Å²) in [6.07, 6.45) is 6.86. The Morgan fingerprint density at radius 2 is 1.80 bits per heavy atom. The number of carbonyl (C=O) groups excluding carboxylic acids is 2.